The number of hydrogen-bond acceptors (Lipinski definition) is 6. The van der Waals surface area contributed by atoms with Gasteiger partial charge in [0.25, 0.3) is 0 Å². The lowest BCUT2D eigenvalue weighted by Crippen LogP contribution is -2.44. The number of aryl methyl sites for hydroxylation is 1. The van der Waals surface area contributed by atoms with Gasteiger partial charge in [0, 0.05) is 18.2 Å². The standard InChI is InChI=1S/C19H24N4O4/c1-12(2)17-21-22-18(27-17)16-11-23(7-9-26-16)19(24)20-14-5-6-15-13(10-14)4-3-8-25-15/h5-6,10,12,16H,3-4,7-9,11H2,1-2H3,(H,20,24). The van der Waals surface area contributed by atoms with Crippen LogP contribution in [0.5, 0.6) is 5.75 Å². The summed E-state index contributed by atoms with van der Waals surface area (Å²) in [5.74, 6) is 2.05. The molecule has 8 heteroatoms. The highest BCUT2D eigenvalue weighted by molar-refractivity contribution is 5.89. The number of rotatable bonds is 3. The summed E-state index contributed by atoms with van der Waals surface area (Å²) in [5, 5.41) is 11.1. The summed E-state index contributed by atoms with van der Waals surface area (Å²) in [5.41, 5.74) is 1.90. The first-order valence-corrected chi connectivity index (χ1v) is 9.36. The summed E-state index contributed by atoms with van der Waals surface area (Å²) in [6.07, 6.45) is 1.56. The fraction of sp³-hybridized carbons (Fsp3) is 0.526. The Bertz CT molecular complexity index is 820. The quantitative estimate of drug-likeness (QED) is 0.890. The molecule has 0 spiro atoms. The van der Waals surface area contributed by atoms with Crippen molar-refractivity contribution in [3.8, 4) is 5.75 Å². The molecule has 0 saturated carbocycles. The van der Waals surface area contributed by atoms with Crippen molar-refractivity contribution in [1.82, 2.24) is 15.1 Å². The number of hydrogen-bond donors (Lipinski definition) is 1. The molecule has 27 heavy (non-hydrogen) atoms. The van der Waals surface area contributed by atoms with Gasteiger partial charge in [0.1, 0.15) is 5.75 Å². The van der Waals surface area contributed by atoms with E-state index in [1.54, 1.807) is 4.90 Å². The molecular formula is C19H24N4O4. The first kappa shape index (κ1) is 17.8. The number of carbonyl (C=O) groups excluding carboxylic acids is 1. The number of anilines is 1. The molecule has 3 heterocycles. The van der Waals surface area contributed by atoms with Gasteiger partial charge < -0.3 is 24.1 Å². The van der Waals surface area contributed by atoms with Gasteiger partial charge >= 0.3 is 6.03 Å². The number of morpholine rings is 1. The number of aromatic nitrogens is 2. The molecule has 1 fully saturated rings. The number of ether oxygens (including phenoxy) is 2. The normalized spacial score (nSPS) is 19.5. The highest BCUT2D eigenvalue weighted by Gasteiger charge is 2.29. The van der Waals surface area contributed by atoms with Crippen LogP contribution < -0.4 is 10.1 Å². The first-order valence-electron chi connectivity index (χ1n) is 9.36. The summed E-state index contributed by atoms with van der Waals surface area (Å²) < 4.78 is 17.0. The zero-order valence-electron chi connectivity index (χ0n) is 15.6. The lowest BCUT2D eigenvalue weighted by Gasteiger charge is -2.31. The van der Waals surface area contributed by atoms with Gasteiger partial charge in [-0.25, -0.2) is 4.79 Å². The smallest absolute Gasteiger partial charge is 0.322 e. The topological polar surface area (TPSA) is 89.7 Å². The molecule has 1 aromatic heterocycles. The number of carbonyl (C=O) groups is 1. The summed E-state index contributed by atoms with van der Waals surface area (Å²) in [6.45, 7) is 6.05. The van der Waals surface area contributed by atoms with Crippen molar-refractivity contribution in [2.75, 3.05) is 31.6 Å². The van der Waals surface area contributed by atoms with Crippen LogP contribution in [0.15, 0.2) is 22.6 Å². The largest absolute Gasteiger partial charge is 0.493 e. The van der Waals surface area contributed by atoms with E-state index in [4.69, 9.17) is 13.9 Å². The van der Waals surface area contributed by atoms with Crippen LogP contribution in [0.25, 0.3) is 0 Å². The third-order valence-electron chi connectivity index (χ3n) is 4.74. The molecule has 2 amide bonds. The molecule has 1 aromatic carbocycles. The molecule has 144 valence electrons. The fourth-order valence-corrected chi connectivity index (χ4v) is 3.23. The Morgan fingerprint density at radius 2 is 2.19 bits per heavy atom. The maximum atomic E-state index is 12.7. The number of amides is 2. The molecular weight excluding hydrogens is 348 g/mol. The second-order valence-corrected chi connectivity index (χ2v) is 7.14. The van der Waals surface area contributed by atoms with Gasteiger partial charge in [-0.05, 0) is 36.6 Å². The van der Waals surface area contributed by atoms with Gasteiger partial charge in [-0.2, -0.15) is 0 Å². The molecule has 0 radical (unpaired) electrons. The zero-order chi connectivity index (χ0) is 18.8. The Kier molecular flexibility index (Phi) is 4.98. The third kappa shape index (κ3) is 3.90. The van der Waals surface area contributed by atoms with Crippen LogP contribution in [0.4, 0.5) is 10.5 Å². The fourth-order valence-electron chi connectivity index (χ4n) is 3.23. The molecule has 0 aliphatic carbocycles. The number of nitrogens with zero attached hydrogens (tertiary/aromatic N) is 3. The maximum Gasteiger partial charge on any atom is 0.322 e. The van der Waals surface area contributed by atoms with Crippen molar-refractivity contribution in [1.29, 1.82) is 0 Å². The highest BCUT2D eigenvalue weighted by atomic mass is 16.5. The van der Waals surface area contributed by atoms with Crippen molar-refractivity contribution in [2.24, 2.45) is 0 Å². The number of nitrogens with one attached hydrogen (secondary N) is 1. The third-order valence-corrected chi connectivity index (χ3v) is 4.74. The molecule has 1 unspecified atom stereocenters. The SMILES string of the molecule is CC(C)c1nnc(C2CN(C(=O)Nc3ccc4c(c3)CCCO4)CCO2)o1. The van der Waals surface area contributed by atoms with E-state index in [-0.39, 0.29) is 11.9 Å². The van der Waals surface area contributed by atoms with Crippen molar-refractivity contribution in [3.05, 3.63) is 35.5 Å². The maximum absolute atomic E-state index is 12.7. The molecule has 2 aliphatic heterocycles. The molecule has 2 aromatic rings. The molecule has 8 nitrogen and oxygen atoms in total. The van der Waals surface area contributed by atoms with Gasteiger partial charge in [-0.15, -0.1) is 10.2 Å². The van der Waals surface area contributed by atoms with E-state index in [2.05, 4.69) is 15.5 Å². The van der Waals surface area contributed by atoms with Gasteiger partial charge in [0.05, 0.1) is 19.8 Å². The monoisotopic (exact) mass is 372 g/mol. The highest BCUT2D eigenvalue weighted by Crippen LogP contribution is 2.28. The molecule has 2 aliphatic rings. The predicted octanol–water partition coefficient (Wildman–Crippen LogP) is 3.12. The van der Waals surface area contributed by atoms with Crippen LogP contribution >= 0.6 is 0 Å². The van der Waals surface area contributed by atoms with Crippen molar-refractivity contribution in [3.63, 3.8) is 0 Å². The van der Waals surface area contributed by atoms with Crippen molar-refractivity contribution >= 4 is 11.7 Å². The van der Waals surface area contributed by atoms with E-state index in [0.29, 0.717) is 31.5 Å². The van der Waals surface area contributed by atoms with E-state index in [0.717, 1.165) is 36.4 Å². The second kappa shape index (κ2) is 7.56. The van der Waals surface area contributed by atoms with Gasteiger partial charge in [-0.3, -0.25) is 0 Å². The minimum absolute atomic E-state index is 0.155. The lowest BCUT2D eigenvalue weighted by molar-refractivity contribution is -0.0276. The van der Waals surface area contributed by atoms with Crippen molar-refractivity contribution in [2.45, 2.75) is 38.7 Å². The Balaban J connectivity index is 1.41. The average Bonchev–Trinajstić information content (AvgIpc) is 3.19. The minimum Gasteiger partial charge on any atom is -0.493 e. The van der Waals surface area contributed by atoms with Crippen LogP contribution in [0.2, 0.25) is 0 Å². The molecule has 4 rings (SSSR count). The Morgan fingerprint density at radius 3 is 3.00 bits per heavy atom. The van der Waals surface area contributed by atoms with Crippen LogP contribution in [0.1, 0.15) is 49.6 Å². The van der Waals surface area contributed by atoms with E-state index in [9.17, 15) is 4.79 Å². The summed E-state index contributed by atoms with van der Waals surface area (Å²) in [7, 11) is 0. The molecule has 1 atom stereocenters. The van der Waals surface area contributed by atoms with Gasteiger partial charge in [0.2, 0.25) is 11.8 Å². The summed E-state index contributed by atoms with van der Waals surface area (Å²) in [4.78, 5) is 14.4. The molecule has 1 N–H and O–H groups in total. The summed E-state index contributed by atoms with van der Waals surface area (Å²) >= 11 is 0. The van der Waals surface area contributed by atoms with Crippen LogP contribution in [0.3, 0.4) is 0 Å². The van der Waals surface area contributed by atoms with Crippen LogP contribution in [-0.4, -0.2) is 47.4 Å². The van der Waals surface area contributed by atoms with Crippen LogP contribution in [0, 0.1) is 0 Å². The number of fused-ring (bicyclic) bond motifs is 1. The Hall–Kier alpha value is -2.61. The number of urea groups is 1. The van der Waals surface area contributed by atoms with E-state index in [1.165, 1.54) is 0 Å². The van der Waals surface area contributed by atoms with Crippen LogP contribution in [-0.2, 0) is 11.2 Å². The van der Waals surface area contributed by atoms with E-state index >= 15 is 0 Å². The second-order valence-electron chi connectivity index (χ2n) is 7.14. The molecule has 0 bridgehead atoms. The first-order chi connectivity index (χ1) is 13.1. The predicted molar refractivity (Wildman–Crippen MR) is 97.9 cm³/mol. The van der Waals surface area contributed by atoms with Gasteiger partial charge in [-0.1, -0.05) is 13.8 Å². The van der Waals surface area contributed by atoms with E-state index in [1.807, 2.05) is 32.0 Å². The zero-order valence-corrected chi connectivity index (χ0v) is 15.6. The van der Waals surface area contributed by atoms with Gasteiger partial charge in [0.15, 0.2) is 6.10 Å². The lowest BCUT2D eigenvalue weighted by atomic mass is 10.1. The minimum atomic E-state index is -0.401. The van der Waals surface area contributed by atoms with E-state index < -0.39 is 6.10 Å². The molecule has 1 saturated heterocycles. The Morgan fingerprint density at radius 1 is 1.30 bits per heavy atom. The Labute approximate surface area is 157 Å². The van der Waals surface area contributed by atoms with Crippen molar-refractivity contribution < 1.29 is 18.7 Å². The summed E-state index contributed by atoms with van der Waals surface area (Å²) in [6, 6.07) is 5.60. The average molecular weight is 372 g/mol. The number of benzene rings is 1.